The fourth-order valence-electron chi connectivity index (χ4n) is 3.64. The number of fused-ring (bicyclic) bond motifs is 1. The highest BCUT2D eigenvalue weighted by molar-refractivity contribution is 5.52. The first-order chi connectivity index (χ1) is 10.5. The number of rotatable bonds is 2. The largest absolute Gasteiger partial charge is 0.378 e. The first kappa shape index (κ1) is 14.9. The summed E-state index contributed by atoms with van der Waals surface area (Å²) in [6.45, 7) is 0.758. The maximum Gasteiger partial charge on any atom is 0.332 e. The Balaban J connectivity index is 2.00. The third-order valence-electron chi connectivity index (χ3n) is 4.88. The SMILES string of the molecule is Cn1c(NC2CCCC3OCCC23)c(C#N)c(=O)n(C)c1=O. The van der Waals surface area contributed by atoms with Gasteiger partial charge in [-0.05, 0) is 25.7 Å². The monoisotopic (exact) mass is 304 g/mol. The molecule has 118 valence electrons. The molecule has 0 aromatic carbocycles. The van der Waals surface area contributed by atoms with Crippen molar-refractivity contribution >= 4 is 5.82 Å². The molecule has 2 fully saturated rings. The number of aromatic nitrogens is 2. The zero-order valence-corrected chi connectivity index (χ0v) is 12.8. The van der Waals surface area contributed by atoms with Crippen LogP contribution in [-0.2, 0) is 18.8 Å². The molecule has 7 heteroatoms. The predicted molar refractivity (Wildman–Crippen MR) is 80.7 cm³/mol. The predicted octanol–water partition coefficient (Wildman–Crippen LogP) is 0.325. The van der Waals surface area contributed by atoms with Gasteiger partial charge < -0.3 is 10.1 Å². The molecule has 1 aliphatic heterocycles. The Labute approximate surface area is 128 Å². The van der Waals surface area contributed by atoms with Crippen LogP contribution in [0.4, 0.5) is 5.82 Å². The minimum Gasteiger partial charge on any atom is -0.378 e. The summed E-state index contributed by atoms with van der Waals surface area (Å²) in [5.41, 5.74) is -0.990. The van der Waals surface area contributed by atoms with Crippen molar-refractivity contribution in [1.29, 1.82) is 5.26 Å². The summed E-state index contributed by atoms with van der Waals surface area (Å²) < 4.78 is 8.05. The Morgan fingerprint density at radius 2 is 2.00 bits per heavy atom. The number of hydrogen-bond acceptors (Lipinski definition) is 5. The van der Waals surface area contributed by atoms with Crippen molar-refractivity contribution in [1.82, 2.24) is 9.13 Å². The molecule has 3 unspecified atom stereocenters. The molecule has 7 nitrogen and oxygen atoms in total. The summed E-state index contributed by atoms with van der Waals surface area (Å²) in [4.78, 5) is 24.2. The zero-order valence-electron chi connectivity index (χ0n) is 12.8. The van der Waals surface area contributed by atoms with Crippen LogP contribution in [0, 0.1) is 17.2 Å². The number of nitrogens with zero attached hydrogens (tertiary/aromatic N) is 3. The zero-order chi connectivity index (χ0) is 15.9. The number of hydrogen-bond donors (Lipinski definition) is 1. The first-order valence-corrected chi connectivity index (χ1v) is 7.63. The highest BCUT2D eigenvalue weighted by Crippen LogP contribution is 2.36. The molecule has 1 aromatic heterocycles. The van der Waals surface area contributed by atoms with E-state index in [2.05, 4.69) is 5.32 Å². The quantitative estimate of drug-likeness (QED) is 0.850. The van der Waals surface area contributed by atoms with Gasteiger partial charge in [0.1, 0.15) is 11.9 Å². The van der Waals surface area contributed by atoms with Crippen LogP contribution in [0.25, 0.3) is 0 Å². The fraction of sp³-hybridized carbons (Fsp3) is 0.667. The summed E-state index contributed by atoms with van der Waals surface area (Å²) in [5, 5.41) is 12.6. The topological polar surface area (TPSA) is 89.1 Å². The van der Waals surface area contributed by atoms with Gasteiger partial charge in [-0.3, -0.25) is 13.9 Å². The van der Waals surface area contributed by atoms with Crippen LogP contribution in [0.15, 0.2) is 9.59 Å². The second-order valence-corrected chi connectivity index (χ2v) is 6.08. The van der Waals surface area contributed by atoms with Gasteiger partial charge in [-0.1, -0.05) is 0 Å². The highest BCUT2D eigenvalue weighted by Gasteiger charge is 2.38. The second kappa shape index (κ2) is 5.61. The number of anilines is 1. The standard InChI is InChI=1S/C15H20N4O3/c1-18-13(10(8-16)14(20)19(2)15(18)21)17-11-4-3-5-12-9(11)6-7-22-12/h9,11-12,17H,3-7H2,1-2H3. The van der Waals surface area contributed by atoms with Crippen molar-refractivity contribution in [3.63, 3.8) is 0 Å². The molecule has 0 radical (unpaired) electrons. The van der Waals surface area contributed by atoms with Crippen molar-refractivity contribution in [2.24, 2.45) is 20.0 Å². The van der Waals surface area contributed by atoms with E-state index >= 15 is 0 Å². The smallest absolute Gasteiger partial charge is 0.332 e. The highest BCUT2D eigenvalue weighted by atomic mass is 16.5. The molecule has 2 aliphatic rings. The van der Waals surface area contributed by atoms with Gasteiger partial charge in [-0.15, -0.1) is 0 Å². The summed E-state index contributed by atoms with van der Waals surface area (Å²) in [6, 6.07) is 2.07. The summed E-state index contributed by atoms with van der Waals surface area (Å²) in [6.07, 6.45) is 4.28. The summed E-state index contributed by atoms with van der Waals surface area (Å²) in [7, 11) is 2.97. The number of ether oxygens (including phenoxy) is 1. The van der Waals surface area contributed by atoms with Gasteiger partial charge in [0, 0.05) is 32.7 Å². The van der Waals surface area contributed by atoms with Crippen LogP contribution < -0.4 is 16.6 Å². The molecule has 1 N–H and O–H groups in total. The molecular formula is C15H20N4O3. The molecule has 2 heterocycles. The normalized spacial score (nSPS) is 27.2. The Kier molecular flexibility index (Phi) is 3.79. The molecule has 1 aliphatic carbocycles. The molecule has 3 rings (SSSR count). The van der Waals surface area contributed by atoms with E-state index in [1.54, 1.807) is 7.05 Å². The lowest BCUT2D eigenvalue weighted by molar-refractivity contribution is 0.0619. The van der Waals surface area contributed by atoms with Crippen molar-refractivity contribution in [2.75, 3.05) is 11.9 Å². The van der Waals surface area contributed by atoms with Crippen molar-refractivity contribution in [2.45, 2.75) is 37.8 Å². The fourth-order valence-corrected chi connectivity index (χ4v) is 3.64. The second-order valence-electron chi connectivity index (χ2n) is 6.08. The molecule has 22 heavy (non-hydrogen) atoms. The molecule has 1 aromatic rings. The maximum atomic E-state index is 12.1. The molecule has 1 saturated carbocycles. The van der Waals surface area contributed by atoms with Crippen molar-refractivity contribution < 1.29 is 4.74 Å². The van der Waals surface area contributed by atoms with Crippen LogP contribution in [0.3, 0.4) is 0 Å². The summed E-state index contributed by atoms with van der Waals surface area (Å²) in [5.74, 6) is 0.701. The van der Waals surface area contributed by atoms with Crippen LogP contribution in [-0.4, -0.2) is 27.9 Å². The van der Waals surface area contributed by atoms with E-state index in [1.807, 2.05) is 6.07 Å². The summed E-state index contributed by atoms with van der Waals surface area (Å²) >= 11 is 0. The minimum absolute atomic E-state index is 0.00867. The Bertz CT molecular complexity index is 743. The lowest BCUT2D eigenvalue weighted by atomic mass is 9.82. The third-order valence-corrected chi connectivity index (χ3v) is 4.88. The van der Waals surface area contributed by atoms with E-state index in [1.165, 1.54) is 11.6 Å². The van der Waals surface area contributed by atoms with Gasteiger partial charge in [-0.25, -0.2) is 4.79 Å². The average Bonchev–Trinajstić information content (AvgIpc) is 3.00. The average molecular weight is 304 g/mol. The van der Waals surface area contributed by atoms with E-state index in [9.17, 15) is 14.9 Å². The minimum atomic E-state index is -0.553. The van der Waals surface area contributed by atoms with E-state index in [0.29, 0.717) is 11.7 Å². The Hall–Kier alpha value is -2.07. The first-order valence-electron chi connectivity index (χ1n) is 7.63. The van der Waals surface area contributed by atoms with Gasteiger partial charge >= 0.3 is 5.69 Å². The Morgan fingerprint density at radius 3 is 2.73 bits per heavy atom. The van der Waals surface area contributed by atoms with E-state index in [0.717, 1.165) is 36.9 Å². The van der Waals surface area contributed by atoms with E-state index in [-0.39, 0.29) is 17.7 Å². The van der Waals surface area contributed by atoms with Crippen LogP contribution in [0.5, 0.6) is 0 Å². The van der Waals surface area contributed by atoms with E-state index in [4.69, 9.17) is 4.74 Å². The Morgan fingerprint density at radius 1 is 1.23 bits per heavy atom. The molecule has 3 atom stereocenters. The van der Waals surface area contributed by atoms with Gasteiger partial charge in [0.05, 0.1) is 6.10 Å². The van der Waals surface area contributed by atoms with Crippen LogP contribution in [0.1, 0.15) is 31.2 Å². The van der Waals surface area contributed by atoms with Gasteiger partial charge in [0.2, 0.25) is 0 Å². The van der Waals surface area contributed by atoms with Gasteiger partial charge in [0.15, 0.2) is 5.56 Å². The number of nitriles is 1. The molecule has 0 amide bonds. The molecular weight excluding hydrogens is 284 g/mol. The molecule has 0 bridgehead atoms. The van der Waals surface area contributed by atoms with Crippen molar-refractivity contribution in [3.8, 4) is 6.07 Å². The lowest BCUT2D eigenvalue weighted by Crippen LogP contribution is -2.44. The van der Waals surface area contributed by atoms with Gasteiger partial charge in [-0.2, -0.15) is 5.26 Å². The molecule has 0 spiro atoms. The maximum absolute atomic E-state index is 12.1. The number of nitrogens with one attached hydrogen (secondary N) is 1. The van der Waals surface area contributed by atoms with Crippen molar-refractivity contribution in [3.05, 3.63) is 26.4 Å². The van der Waals surface area contributed by atoms with Crippen LogP contribution >= 0.6 is 0 Å². The van der Waals surface area contributed by atoms with Gasteiger partial charge in [0.25, 0.3) is 5.56 Å². The molecule has 1 saturated heterocycles. The third kappa shape index (κ3) is 2.24. The van der Waals surface area contributed by atoms with E-state index < -0.39 is 11.2 Å². The van der Waals surface area contributed by atoms with Crippen LogP contribution in [0.2, 0.25) is 0 Å². The lowest BCUT2D eigenvalue weighted by Gasteiger charge is -2.34.